The number of methoxy groups -OCH3 is 1. The molecule has 0 N–H and O–H groups in total. The van der Waals surface area contributed by atoms with Gasteiger partial charge in [-0.3, -0.25) is 0 Å². The van der Waals surface area contributed by atoms with Crippen LogP contribution < -0.4 is 4.74 Å². The fourth-order valence-electron chi connectivity index (χ4n) is 4.21. The molecule has 2 aromatic carbocycles. The third-order valence-electron chi connectivity index (χ3n) is 5.80. The second-order valence-corrected chi connectivity index (χ2v) is 8.14. The van der Waals surface area contributed by atoms with Crippen molar-refractivity contribution in [1.82, 2.24) is 0 Å². The predicted molar refractivity (Wildman–Crippen MR) is 109 cm³/mol. The lowest BCUT2D eigenvalue weighted by atomic mass is 9.85. The number of halogens is 3. The Morgan fingerprint density at radius 2 is 2.00 bits per heavy atom. The lowest BCUT2D eigenvalue weighted by Gasteiger charge is -2.25. The zero-order chi connectivity index (χ0) is 22.2. The summed E-state index contributed by atoms with van der Waals surface area (Å²) in [5.41, 5.74) is 4.84. The molecule has 1 aliphatic heterocycles. The number of alkyl halides is 3. The van der Waals surface area contributed by atoms with E-state index in [1.54, 1.807) is 6.92 Å². The minimum atomic E-state index is -4.56. The Morgan fingerprint density at radius 1 is 1.23 bits per heavy atom. The van der Waals surface area contributed by atoms with Crippen LogP contribution in [0.5, 0.6) is 5.75 Å². The lowest BCUT2D eigenvalue weighted by Crippen LogP contribution is -2.26. The number of esters is 1. The molecule has 1 saturated carbocycles. The van der Waals surface area contributed by atoms with Crippen LogP contribution in [-0.4, -0.2) is 32.5 Å². The maximum Gasteiger partial charge on any atom is 0.411 e. The van der Waals surface area contributed by atoms with Crippen molar-refractivity contribution >= 4 is 5.97 Å². The van der Waals surface area contributed by atoms with Crippen LogP contribution in [0.15, 0.2) is 30.3 Å². The highest BCUT2D eigenvalue weighted by atomic mass is 19.4. The molecule has 0 spiro atoms. The van der Waals surface area contributed by atoms with Crippen molar-refractivity contribution in [3.8, 4) is 16.9 Å². The van der Waals surface area contributed by atoms with Crippen molar-refractivity contribution in [2.75, 3.05) is 20.3 Å². The summed E-state index contributed by atoms with van der Waals surface area (Å²) in [4.78, 5) is 12.6. The van der Waals surface area contributed by atoms with Gasteiger partial charge in [-0.25, -0.2) is 4.79 Å². The molecular formula is C24H25F3O4. The molecule has 1 heterocycles. The topological polar surface area (TPSA) is 44.8 Å². The number of hydrogen-bond acceptors (Lipinski definition) is 4. The van der Waals surface area contributed by atoms with Gasteiger partial charge in [0, 0.05) is 5.56 Å². The van der Waals surface area contributed by atoms with Gasteiger partial charge in [0.2, 0.25) is 0 Å². The van der Waals surface area contributed by atoms with Crippen molar-refractivity contribution in [3.63, 3.8) is 0 Å². The molecule has 4 rings (SSSR count). The average Bonchev–Trinajstić information content (AvgIpc) is 3.58. The fraction of sp³-hybridized carbons (Fsp3) is 0.458. The molecule has 4 nitrogen and oxygen atoms in total. The Kier molecular flexibility index (Phi) is 5.97. The first-order chi connectivity index (χ1) is 14.8. The first-order valence-corrected chi connectivity index (χ1v) is 10.4. The van der Waals surface area contributed by atoms with E-state index in [2.05, 4.69) is 0 Å². The molecule has 0 amide bonds. The monoisotopic (exact) mass is 434 g/mol. The smallest absolute Gasteiger partial charge is 0.411 e. The summed E-state index contributed by atoms with van der Waals surface area (Å²) >= 11 is 0. The minimum Gasteiger partial charge on any atom is -0.493 e. The van der Waals surface area contributed by atoms with Gasteiger partial charge < -0.3 is 14.2 Å². The molecule has 0 bridgehead atoms. The van der Waals surface area contributed by atoms with Crippen LogP contribution >= 0.6 is 0 Å². The number of aryl methyl sites for hydroxylation is 2. The SMILES string of the molecule is COC(=O)C(OCC(F)(F)F)c1c(C)ccc(C2CC2)c1-c1ccc2c(c1)CCCO2. The largest absolute Gasteiger partial charge is 0.493 e. The second kappa shape index (κ2) is 8.54. The van der Waals surface area contributed by atoms with E-state index in [-0.39, 0.29) is 0 Å². The van der Waals surface area contributed by atoms with Crippen LogP contribution in [-0.2, 0) is 20.7 Å². The van der Waals surface area contributed by atoms with Gasteiger partial charge in [-0.05, 0) is 78.5 Å². The molecule has 2 aliphatic rings. The molecule has 1 fully saturated rings. The van der Waals surface area contributed by atoms with E-state index in [4.69, 9.17) is 14.2 Å². The standard InChI is InChI=1S/C24H25F3O4/c1-14-5-9-18(15-6-7-15)21(17-8-10-19-16(12-17)4-3-11-30-19)20(14)22(23(28)29-2)31-13-24(25,26)27/h5,8-10,12,15,22H,3-4,6-7,11,13H2,1-2H3. The quantitative estimate of drug-likeness (QED) is 0.551. The van der Waals surface area contributed by atoms with Gasteiger partial charge in [-0.1, -0.05) is 18.2 Å². The third-order valence-corrected chi connectivity index (χ3v) is 5.80. The number of ether oxygens (including phenoxy) is 3. The maximum atomic E-state index is 12.9. The highest BCUT2D eigenvalue weighted by Gasteiger charge is 2.37. The Balaban J connectivity index is 1.87. The molecule has 2 aromatic rings. The highest BCUT2D eigenvalue weighted by Crippen LogP contribution is 2.48. The van der Waals surface area contributed by atoms with Crippen LogP contribution in [0, 0.1) is 6.92 Å². The van der Waals surface area contributed by atoms with Crippen LogP contribution in [0.3, 0.4) is 0 Å². The van der Waals surface area contributed by atoms with Crippen LogP contribution in [0.1, 0.15) is 53.5 Å². The zero-order valence-electron chi connectivity index (χ0n) is 17.6. The average molecular weight is 434 g/mol. The van der Waals surface area contributed by atoms with Crippen molar-refractivity contribution in [3.05, 3.63) is 52.6 Å². The first-order valence-electron chi connectivity index (χ1n) is 10.4. The van der Waals surface area contributed by atoms with Gasteiger partial charge in [-0.2, -0.15) is 13.2 Å². The molecule has 1 unspecified atom stereocenters. The molecule has 1 atom stereocenters. The molecule has 31 heavy (non-hydrogen) atoms. The van der Waals surface area contributed by atoms with E-state index in [0.29, 0.717) is 23.7 Å². The fourth-order valence-corrected chi connectivity index (χ4v) is 4.21. The zero-order valence-corrected chi connectivity index (χ0v) is 17.6. The van der Waals surface area contributed by atoms with Crippen LogP contribution in [0.25, 0.3) is 11.1 Å². The van der Waals surface area contributed by atoms with E-state index in [0.717, 1.165) is 60.8 Å². The van der Waals surface area contributed by atoms with E-state index in [9.17, 15) is 18.0 Å². The Bertz CT molecular complexity index is 980. The van der Waals surface area contributed by atoms with E-state index in [1.807, 2.05) is 30.3 Å². The number of rotatable bonds is 6. The maximum absolute atomic E-state index is 12.9. The molecule has 0 aromatic heterocycles. The summed E-state index contributed by atoms with van der Waals surface area (Å²) in [6.07, 6.45) is -2.23. The number of carbonyl (C=O) groups is 1. The second-order valence-electron chi connectivity index (χ2n) is 8.14. The Labute approximate surface area is 179 Å². The Hall–Kier alpha value is -2.54. The first kappa shape index (κ1) is 21.7. The molecule has 166 valence electrons. The van der Waals surface area contributed by atoms with Crippen molar-refractivity contribution in [1.29, 1.82) is 0 Å². The molecule has 7 heteroatoms. The van der Waals surface area contributed by atoms with Gasteiger partial charge in [-0.15, -0.1) is 0 Å². The summed E-state index contributed by atoms with van der Waals surface area (Å²) < 4.78 is 54.5. The number of fused-ring (bicyclic) bond motifs is 1. The minimum absolute atomic E-state index is 0.322. The van der Waals surface area contributed by atoms with E-state index in [1.165, 1.54) is 0 Å². The highest BCUT2D eigenvalue weighted by molar-refractivity contribution is 5.84. The molecule has 0 radical (unpaired) electrons. The van der Waals surface area contributed by atoms with E-state index >= 15 is 0 Å². The van der Waals surface area contributed by atoms with Crippen molar-refractivity contribution in [2.45, 2.75) is 50.8 Å². The molecular weight excluding hydrogens is 409 g/mol. The number of carbonyl (C=O) groups excluding carboxylic acids is 1. The summed E-state index contributed by atoms with van der Waals surface area (Å²) in [6.45, 7) is 0.923. The lowest BCUT2D eigenvalue weighted by molar-refractivity contribution is -0.194. The number of benzene rings is 2. The molecule has 1 aliphatic carbocycles. The van der Waals surface area contributed by atoms with Crippen LogP contribution in [0.2, 0.25) is 0 Å². The summed E-state index contributed by atoms with van der Waals surface area (Å²) in [6, 6.07) is 9.69. The van der Waals surface area contributed by atoms with Gasteiger partial charge >= 0.3 is 12.1 Å². The van der Waals surface area contributed by atoms with Crippen molar-refractivity contribution in [2.24, 2.45) is 0 Å². The van der Waals surface area contributed by atoms with Gasteiger partial charge in [0.15, 0.2) is 6.10 Å². The van der Waals surface area contributed by atoms with Gasteiger partial charge in [0.1, 0.15) is 12.4 Å². The normalized spacial score (nSPS) is 16.9. The summed E-state index contributed by atoms with van der Waals surface area (Å²) in [5.74, 6) is 0.306. The van der Waals surface area contributed by atoms with Crippen LogP contribution in [0.4, 0.5) is 13.2 Å². The van der Waals surface area contributed by atoms with Gasteiger partial charge in [0.25, 0.3) is 0 Å². The predicted octanol–water partition coefficient (Wildman–Crippen LogP) is 5.66. The summed E-state index contributed by atoms with van der Waals surface area (Å²) in [5, 5.41) is 0. The summed E-state index contributed by atoms with van der Waals surface area (Å²) in [7, 11) is 1.16. The Morgan fingerprint density at radius 3 is 2.68 bits per heavy atom. The third kappa shape index (κ3) is 4.71. The number of hydrogen-bond donors (Lipinski definition) is 0. The van der Waals surface area contributed by atoms with Gasteiger partial charge in [0.05, 0.1) is 13.7 Å². The van der Waals surface area contributed by atoms with E-state index < -0.39 is 24.9 Å². The van der Waals surface area contributed by atoms with Crippen molar-refractivity contribution < 1.29 is 32.2 Å². The molecule has 0 saturated heterocycles.